The van der Waals surface area contributed by atoms with Crippen molar-refractivity contribution in [3.05, 3.63) is 23.9 Å². The minimum atomic E-state index is 0. The molecule has 5 nitrogen and oxygen atoms in total. The van der Waals surface area contributed by atoms with Crippen LogP contribution in [0.3, 0.4) is 0 Å². The zero-order valence-electron chi connectivity index (χ0n) is 14.3. The van der Waals surface area contributed by atoms with Crippen molar-refractivity contribution >= 4 is 35.8 Å². The molecule has 0 radical (unpaired) electrons. The average Bonchev–Trinajstić information content (AvgIpc) is 2.80. The Morgan fingerprint density at radius 3 is 2.68 bits per heavy atom. The van der Waals surface area contributed by atoms with Crippen LogP contribution in [0.5, 0.6) is 0 Å². The highest BCUT2D eigenvalue weighted by molar-refractivity contribution is 14.0. The topological polar surface area (TPSA) is 43.8 Å². The van der Waals surface area contributed by atoms with Crippen LogP contribution in [0, 0.1) is 5.41 Å². The standard InChI is InChI=1S/C16H27N5.HI/c1-16(2)9-10-21(12-16)15(17-3)18-11-13-7-6-8-14(19-13)20(4)5;/h6-8H,9-12H2,1-5H3,(H,17,18);1H. The molecule has 1 fully saturated rings. The van der Waals surface area contributed by atoms with Crippen molar-refractivity contribution in [3.63, 3.8) is 0 Å². The maximum atomic E-state index is 4.62. The van der Waals surface area contributed by atoms with E-state index < -0.39 is 0 Å². The lowest BCUT2D eigenvalue weighted by Crippen LogP contribution is -2.40. The van der Waals surface area contributed by atoms with E-state index in [1.807, 2.05) is 44.2 Å². The van der Waals surface area contributed by atoms with Gasteiger partial charge in [0.15, 0.2) is 5.96 Å². The normalized spacial score (nSPS) is 17.1. The summed E-state index contributed by atoms with van der Waals surface area (Å²) in [4.78, 5) is 13.4. The van der Waals surface area contributed by atoms with Gasteiger partial charge in [0.05, 0.1) is 12.2 Å². The van der Waals surface area contributed by atoms with E-state index in [9.17, 15) is 0 Å². The summed E-state index contributed by atoms with van der Waals surface area (Å²) in [5.41, 5.74) is 1.40. The van der Waals surface area contributed by atoms with Crippen molar-refractivity contribution in [1.29, 1.82) is 0 Å². The second kappa shape index (κ2) is 7.99. The number of likely N-dealkylation sites (tertiary alicyclic amines) is 1. The van der Waals surface area contributed by atoms with Crippen LogP contribution in [0.25, 0.3) is 0 Å². The summed E-state index contributed by atoms with van der Waals surface area (Å²) >= 11 is 0. The summed E-state index contributed by atoms with van der Waals surface area (Å²) in [7, 11) is 5.85. The van der Waals surface area contributed by atoms with Gasteiger partial charge in [0.25, 0.3) is 0 Å². The highest BCUT2D eigenvalue weighted by atomic mass is 127. The molecule has 1 aliphatic heterocycles. The Hall–Kier alpha value is -1.05. The number of rotatable bonds is 3. The van der Waals surface area contributed by atoms with Gasteiger partial charge >= 0.3 is 0 Å². The minimum absolute atomic E-state index is 0. The summed E-state index contributed by atoms with van der Waals surface area (Å²) in [5.74, 6) is 1.95. The monoisotopic (exact) mass is 417 g/mol. The van der Waals surface area contributed by atoms with E-state index in [1.54, 1.807) is 0 Å². The predicted molar refractivity (Wildman–Crippen MR) is 104 cm³/mol. The fourth-order valence-electron chi connectivity index (χ4n) is 2.61. The minimum Gasteiger partial charge on any atom is -0.363 e. The van der Waals surface area contributed by atoms with Gasteiger partial charge in [0, 0.05) is 34.2 Å². The molecule has 124 valence electrons. The van der Waals surface area contributed by atoms with Crippen LogP contribution < -0.4 is 10.2 Å². The number of guanidine groups is 1. The van der Waals surface area contributed by atoms with Gasteiger partial charge in [-0.2, -0.15) is 0 Å². The summed E-state index contributed by atoms with van der Waals surface area (Å²) in [5, 5.41) is 3.43. The molecule has 0 spiro atoms. The zero-order chi connectivity index (χ0) is 15.5. The fourth-order valence-corrected chi connectivity index (χ4v) is 2.61. The largest absolute Gasteiger partial charge is 0.363 e. The number of nitrogens with zero attached hydrogens (tertiary/aromatic N) is 4. The summed E-state index contributed by atoms with van der Waals surface area (Å²) in [6, 6.07) is 6.10. The lowest BCUT2D eigenvalue weighted by Gasteiger charge is -2.23. The zero-order valence-corrected chi connectivity index (χ0v) is 16.6. The van der Waals surface area contributed by atoms with Crippen LogP contribution >= 0.6 is 24.0 Å². The Morgan fingerprint density at radius 2 is 2.14 bits per heavy atom. The van der Waals surface area contributed by atoms with Crippen molar-refractivity contribution in [2.24, 2.45) is 10.4 Å². The maximum absolute atomic E-state index is 4.62. The SMILES string of the molecule is CN=C(NCc1cccc(N(C)C)n1)N1CCC(C)(C)C1.I. The molecule has 0 saturated carbocycles. The van der Waals surface area contributed by atoms with E-state index in [4.69, 9.17) is 0 Å². The first kappa shape index (κ1) is 19.0. The molecule has 0 unspecified atom stereocenters. The van der Waals surface area contributed by atoms with Gasteiger partial charge in [0.1, 0.15) is 5.82 Å². The molecule has 1 aromatic rings. The maximum Gasteiger partial charge on any atom is 0.193 e. The quantitative estimate of drug-likeness (QED) is 0.467. The number of hydrogen-bond acceptors (Lipinski definition) is 3. The van der Waals surface area contributed by atoms with E-state index >= 15 is 0 Å². The number of nitrogens with one attached hydrogen (secondary N) is 1. The Morgan fingerprint density at radius 1 is 1.41 bits per heavy atom. The Labute approximate surface area is 151 Å². The lowest BCUT2D eigenvalue weighted by molar-refractivity contribution is 0.370. The van der Waals surface area contributed by atoms with E-state index in [0.717, 1.165) is 30.6 Å². The van der Waals surface area contributed by atoms with Gasteiger partial charge in [-0.1, -0.05) is 19.9 Å². The summed E-state index contributed by atoms with van der Waals surface area (Å²) in [6.45, 7) is 7.44. The second-order valence-corrected chi connectivity index (χ2v) is 6.62. The lowest BCUT2D eigenvalue weighted by atomic mass is 9.93. The first-order valence-corrected chi connectivity index (χ1v) is 7.50. The molecule has 6 heteroatoms. The first-order valence-electron chi connectivity index (χ1n) is 7.50. The second-order valence-electron chi connectivity index (χ2n) is 6.62. The van der Waals surface area contributed by atoms with Crippen molar-refractivity contribution in [2.75, 3.05) is 39.1 Å². The van der Waals surface area contributed by atoms with Gasteiger partial charge in [-0.3, -0.25) is 4.99 Å². The third-order valence-electron chi connectivity index (χ3n) is 3.87. The number of aromatic nitrogens is 1. The Bertz CT molecular complexity index is 513. The van der Waals surface area contributed by atoms with Gasteiger partial charge in [-0.15, -0.1) is 24.0 Å². The molecule has 1 aromatic heterocycles. The molecule has 1 N–H and O–H groups in total. The van der Waals surface area contributed by atoms with Crippen LogP contribution in [-0.4, -0.2) is 50.1 Å². The molecule has 1 aliphatic rings. The smallest absolute Gasteiger partial charge is 0.193 e. The molecule has 0 amide bonds. The highest BCUT2D eigenvalue weighted by Gasteiger charge is 2.30. The van der Waals surface area contributed by atoms with Crippen LogP contribution in [0.2, 0.25) is 0 Å². The van der Waals surface area contributed by atoms with E-state index in [-0.39, 0.29) is 24.0 Å². The van der Waals surface area contributed by atoms with Gasteiger partial charge < -0.3 is 15.1 Å². The van der Waals surface area contributed by atoms with Gasteiger partial charge in [-0.25, -0.2) is 4.98 Å². The van der Waals surface area contributed by atoms with Gasteiger partial charge in [0.2, 0.25) is 0 Å². The van der Waals surface area contributed by atoms with Crippen LogP contribution in [-0.2, 0) is 6.54 Å². The van der Waals surface area contributed by atoms with E-state index in [0.29, 0.717) is 12.0 Å². The van der Waals surface area contributed by atoms with E-state index in [1.165, 1.54) is 6.42 Å². The first-order chi connectivity index (χ1) is 9.91. The number of halogens is 1. The van der Waals surface area contributed by atoms with Crippen molar-refractivity contribution in [3.8, 4) is 0 Å². The summed E-state index contributed by atoms with van der Waals surface area (Å²) in [6.07, 6.45) is 1.21. The molecule has 1 saturated heterocycles. The molecule has 0 bridgehead atoms. The van der Waals surface area contributed by atoms with Crippen LogP contribution in [0.15, 0.2) is 23.2 Å². The van der Waals surface area contributed by atoms with Crippen molar-refractivity contribution in [1.82, 2.24) is 15.2 Å². The molecule has 0 aromatic carbocycles. The highest BCUT2D eigenvalue weighted by Crippen LogP contribution is 2.28. The molecular weight excluding hydrogens is 389 g/mol. The van der Waals surface area contributed by atoms with Gasteiger partial charge in [-0.05, 0) is 24.0 Å². The number of hydrogen-bond donors (Lipinski definition) is 1. The number of aliphatic imine (C=N–C) groups is 1. The number of anilines is 1. The fraction of sp³-hybridized carbons (Fsp3) is 0.625. The Balaban J connectivity index is 0.00000242. The van der Waals surface area contributed by atoms with Crippen LogP contribution in [0.1, 0.15) is 26.0 Å². The number of pyridine rings is 1. The van der Waals surface area contributed by atoms with Crippen molar-refractivity contribution in [2.45, 2.75) is 26.8 Å². The predicted octanol–water partition coefficient (Wildman–Crippen LogP) is 2.57. The third kappa shape index (κ3) is 5.00. The molecule has 22 heavy (non-hydrogen) atoms. The Kier molecular flexibility index (Phi) is 6.90. The molecule has 0 aliphatic carbocycles. The van der Waals surface area contributed by atoms with Crippen molar-refractivity contribution < 1.29 is 0 Å². The summed E-state index contributed by atoms with van der Waals surface area (Å²) < 4.78 is 0. The molecular formula is C16H28IN5. The molecule has 2 heterocycles. The molecule has 2 rings (SSSR count). The van der Waals surface area contributed by atoms with Crippen LogP contribution in [0.4, 0.5) is 5.82 Å². The average molecular weight is 417 g/mol. The van der Waals surface area contributed by atoms with E-state index in [2.05, 4.69) is 34.0 Å². The third-order valence-corrected chi connectivity index (χ3v) is 3.87. The molecule has 0 atom stereocenters.